The Hall–Kier alpha value is -7.20. The zero-order valence-corrected chi connectivity index (χ0v) is 39.4. The van der Waals surface area contributed by atoms with Crippen molar-refractivity contribution in [3.63, 3.8) is 0 Å². The number of carbonyl (C=O) groups is 2. The number of benzene rings is 4. The minimum Gasteiger partial charge on any atom is -0.488 e. The summed E-state index contributed by atoms with van der Waals surface area (Å²) in [5.74, 6) is 1.25. The quantitative estimate of drug-likeness (QED) is 0.0396. The van der Waals surface area contributed by atoms with E-state index in [1.807, 2.05) is 24.3 Å². The van der Waals surface area contributed by atoms with Crippen LogP contribution in [-0.4, -0.2) is 34.9 Å². The summed E-state index contributed by atoms with van der Waals surface area (Å²) >= 11 is 13.7. The topological polar surface area (TPSA) is 221 Å². The van der Waals surface area contributed by atoms with E-state index in [0.29, 0.717) is 83.2 Å². The molecule has 0 saturated heterocycles. The van der Waals surface area contributed by atoms with Gasteiger partial charge in [-0.1, -0.05) is 59.6 Å². The summed E-state index contributed by atoms with van der Waals surface area (Å²) in [5, 5.41) is 26.2. The number of nitrogens with two attached hydrogens (primary N) is 2. The Kier molecular flexibility index (Phi) is 18.5. The molecule has 16 heteroatoms. The van der Waals surface area contributed by atoms with Crippen molar-refractivity contribution in [3.05, 3.63) is 163 Å². The van der Waals surface area contributed by atoms with Gasteiger partial charge in [-0.25, -0.2) is 0 Å². The second kappa shape index (κ2) is 25.1. The number of amides is 2. The van der Waals surface area contributed by atoms with Gasteiger partial charge in [0.15, 0.2) is 0 Å². The molecule has 2 aromatic heterocycles. The standard InChI is InChI=1S/C52H52Cl2N8O6/c1-33-39(31-67-49-19-47(65-29-37-15-35(21-55)23-61-25-37)41(17-45(49)53)27-59-13-5-11-51(57)63)7-3-9-43(33)44-10-4-8-40(34(44)2)32-68-50-20-48(66-30-38-16-36(22-56)24-62-26-38)42(18-46(50)54)28-60-14-6-12-52(58)64/h3-4,7-10,15-20,23-26,59-60H,5-6,11-14,27-32H2,1-2H3,(H2,57,63)(H2,58,64). The van der Waals surface area contributed by atoms with Crippen LogP contribution in [0.1, 0.15) is 81.3 Å². The van der Waals surface area contributed by atoms with Gasteiger partial charge in [-0.05, 0) is 97.4 Å². The van der Waals surface area contributed by atoms with Crippen molar-refractivity contribution in [1.82, 2.24) is 20.6 Å². The highest BCUT2D eigenvalue weighted by atomic mass is 35.5. The van der Waals surface area contributed by atoms with E-state index in [2.05, 4.69) is 58.7 Å². The van der Waals surface area contributed by atoms with Crippen LogP contribution in [0.3, 0.4) is 0 Å². The highest BCUT2D eigenvalue weighted by Crippen LogP contribution is 2.37. The third-order valence-corrected chi connectivity index (χ3v) is 11.6. The van der Waals surface area contributed by atoms with Gasteiger partial charge < -0.3 is 41.0 Å². The summed E-state index contributed by atoms with van der Waals surface area (Å²) in [5.41, 5.74) is 20.5. The van der Waals surface area contributed by atoms with Crippen LogP contribution in [0.25, 0.3) is 11.1 Å². The lowest BCUT2D eigenvalue weighted by Gasteiger charge is -2.19. The van der Waals surface area contributed by atoms with E-state index in [4.69, 9.17) is 53.6 Å². The lowest BCUT2D eigenvalue weighted by atomic mass is 9.92. The highest BCUT2D eigenvalue weighted by Gasteiger charge is 2.17. The molecule has 6 rings (SSSR count). The molecule has 0 fully saturated rings. The van der Waals surface area contributed by atoms with Crippen LogP contribution >= 0.6 is 23.2 Å². The normalized spacial score (nSPS) is 10.8. The van der Waals surface area contributed by atoms with Crippen molar-refractivity contribution in [2.45, 2.75) is 79.0 Å². The first-order chi connectivity index (χ1) is 32.9. The minimum absolute atomic E-state index is 0.162. The molecule has 6 aromatic rings. The molecule has 0 saturated carbocycles. The first-order valence-corrected chi connectivity index (χ1v) is 22.7. The number of aromatic nitrogens is 2. The summed E-state index contributed by atoms with van der Waals surface area (Å²) < 4.78 is 25.3. The highest BCUT2D eigenvalue weighted by molar-refractivity contribution is 6.32. The number of hydrogen-bond acceptors (Lipinski definition) is 12. The molecule has 0 spiro atoms. The van der Waals surface area contributed by atoms with Crippen LogP contribution in [0.4, 0.5) is 0 Å². The summed E-state index contributed by atoms with van der Waals surface area (Å²) in [7, 11) is 0. The van der Waals surface area contributed by atoms with E-state index in [-0.39, 0.29) is 51.1 Å². The summed E-state index contributed by atoms with van der Waals surface area (Å²) in [6.07, 6.45) is 8.02. The maximum absolute atomic E-state index is 11.2. The zero-order valence-electron chi connectivity index (χ0n) is 37.9. The van der Waals surface area contributed by atoms with Gasteiger partial charge in [0.2, 0.25) is 11.8 Å². The van der Waals surface area contributed by atoms with E-state index in [1.54, 1.807) is 48.8 Å². The Morgan fingerprint density at radius 3 is 1.38 bits per heavy atom. The van der Waals surface area contributed by atoms with E-state index in [1.165, 1.54) is 12.4 Å². The predicted octanol–water partition coefficient (Wildman–Crippen LogP) is 8.84. The van der Waals surface area contributed by atoms with Crippen molar-refractivity contribution in [1.29, 1.82) is 10.5 Å². The number of rotatable bonds is 25. The number of primary amides is 2. The third kappa shape index (κ3) is 14.4. The van der Waals surface area contributed by atoms with E-state index < -0.39 is 0 Å². The Bertz CT molecular complexity index is 2640. The van der Waals surface area contributed by atoms with E-state index in [9.17, 15) is 20.1 Å². The van der Waals surface area contributed by atoms with Gasteiger partial charge in [-0.2, -0.15) is 10.5 Å². The maximum Gasteiger partial charge on any atom is 0.217 e. The van der Waals surface area contributed by atoms with Gasteiger partial charge >= 0.3 is 0 Å². The zero-order chi connectivity index (χ0) is 48.4. The Morgan fingerprint density at radius 1 is 0.574 bits per heavy atom. The maximum atomic E-state index is 11.2. The molecule has 350 valence electrons. The second-order valence-electron chi connectivity index (χ2n) is 16.0. The number of nitrogens with one attached hydrogen (secondary N) is 2. The van der Waals surface area contributed by atoms with Gasteiger partial charge in [-0.3, -0.25) is 19.6 Å². The van der Waals surface area contributed by atoms with Gasteiger partial charge in [0.05, 0.1) is 21.2 Å². The number of hydrogen-bond donors (Lipinski definition) is 4. The SMILES string of the molecule is Cc1c(COc2cc(OCc3cncc(C#N)c3)c(CNCCCC(N)=O)cc2Cl)cccc1-c1cccc(COc2cc(OCc3cncc(C#N)c3)c(CNCCCC(N)=O)cc2Cl)c1C. The molecule has 0 unspecified atom stereocenters. The smallest absolute Gasteiger partial charge is 0.217 e. The number of nitrogens with zero attached hydrogens (tertiary/aromatic N) is 4. The third-order valence-electron chi connectivity index (χ3n) is 11.0. The predicted molar refractivity (Wildman–Crippen MR) is 260 cm³/mol. The second-order valence-corrected chi connectivity index (χ2v) is 16.8. The van der Waals surface area contributed by atoms with Crippen molar-refractivity contribution in [2.24, 2.45) is 11.5 Å². The number of halogens is 2. The van der Waals surface area contributed by atoms with Crippen molar-refractivity contribution < 1.29 is 28.5 Å². The molecular formula is C52H52Cl2N8O6. The fourth-order valence-corrected chi connectivity index (χ4v) is 7.77. The fraction of sp³-hybridized carbons (Fsp3) is 0.269. The molecule has 14 nitrogen and oxygen atoms in total. The molecule has 0 bridgehead atoms. The summed E-state index contributed by atoms with van der Waals surface area (Å²) in [4.78, 5) is 30.7. The molecule has 2 amide bonds. The Morgan fingerprint density at radius 2 is 0.985 bits per heavy atom. The molecule has 0 radical (unpaired) electrons. The van der Waals surface area contributed by atoms with Gasteiger partial charge in [0.1, 0.15) is 61.6 Å². The Labute approximate surface area is 406 Å². The molecule has 0 aliphatic rings. The first kappa shape index (κ1) is 50.2. The van der Waals surface area contributed by atoms with Gasteiger partial charge in [0, 0.05) is 85.1 Å². The van der Waals surface area contributed by atoms with Crippen LogP contribution < -0.4 is 41.0 Å². The molecule has 0 atom stereocenters. The van der Waals surface area contributed by atoms with Crippen molar-refractivity contribution in [2.75, 3.05) is 13.1 Å². The van der Waals surface area contributed by atoms with Crippen LogP contribution in [0, 0.1) is 36.5 Å². The molecule has 68 heavy (non-hydrogen) atoms. The minimum atomic E-state index is -0.355. The van der Waals surface area contributed by atoms with Crippen LogP contribution in [0.15, 0.2) is 97.6 Å². The van der Waals surface area contributed by atoms with Gasteiger partial charge in [0.25, 0.3) is 0 Å². The van der Waals surface area contributed by atoms with Crippen molar-refractivity contribution in [3.8, 4) is 46.3 Å². The average molecular weight is 956 g/mol. The van der Waals surface area contributed by atoms with Gasteiger partial charge in [-0.15, -0.1) is 0 Å². The Balaban J connectivity index is 1.17. The van der Waals surface area contributed by atoms with Crippen LogP contribution in [-0.2, 0) is 49.1 Å². The average Bonchev–Trinajstić information content (AvgIpc) is 3.33. The lowest BCUT2D eigenvalue weighted by Crippen LogP contribution is -2.18. The molecule has 4 aromatic carbocycles. The summed E-state index contributed by atoms with van der Waals surface area (Å²) in [6, 6.07) is 27.0. The van der Waals surface area contributed by atoms with E-state index in [0.717, 1.165) is 55.6 Å². The number of ether oxygens (including phenoxy) is 4. The lowest BCUT2D eigenvalue weighted by molar-refractivity contribution is -0.118. The molecule has 2 heterocycles. The summed E-state index contributed by atoms with van der Waals surface area (Å²) in [6.45, 7) is 6.87. The molecule has 6 N–H and O–H groups in total. The monoisotopic (exact) mass is 954 g/mol. The fourth-order valence-electron chi connectivity index (χ4n) is 7.29. The number of pyridine rings is 2. The van der Waals surface area contributed by atoms with E-state index >= 15 is 0 Å². The van der Waals surface area contributed by atoms with Crippen LogP contribution in [0.5, 0.6) is 23.0 Å². The number of carbonyl (C=O) groups excluding carboxylic acids is 2. The van der Waals surface area contributed by atoms with Crippen LogP contribution in [0.2, 0.25) is 10.0 Å². The molecular weight excluding hydrogens is 904 g/mol. The van der Waals surface area contributed by atoms with Crippen molar-refractivity contribution >= 4 is 35.0 Å². The molecule has 0 aliphatic heterocycles. The molecule has 0 aliphatic carbocycles. The first-order valence-electron chi connectivity index (χ1n) is 21.9. The largest absolute Gasteiger partial charge is 0.488 e. The number of nitriles is 2.